The maximum Gasteiger partial charge on any atom is 0.134 e. The molecule has 0 bridgehead atoms. The van der Waals surface area contributed by atoms with Gasteiger partial charge in [0.1, 0.15) is 9.61 Å². The average Bonchev–Trinajstić information content (AvgIpc) is 2.58. The zero-order valence-electron chi connectivity index (χ0n) is 5.75. The van der Waals surface area contributed by atoms with Crippen molar-refractivity contribution in [2.24, 2.45) is 0 Å². The molecule has 0 radical (unpaired) electrons. The highest BCUT2D eigenvalue weighted by Gasteiger charge is 2.04. The first-order valence-corrected chi connectivity index (χ1v) is 6.45. The summed E-state index contributed by atoms with van der Waals surface area (Å²) in [6.07, 6.45) is 0. The van der Waals surface area contributed by atoms with E-state index in [0.29, 0.717) is 0 Å². The van der Waals surface area contributed by atoms with E-state index >= 15 is 0 Å². The summed E-state index contributed by atoms with van der Waals surface area (Å²) in [6, 6.07) is 2.08. The number of thiazole rings is 1. The Labute approximate surface area is 94.7 Å². The standard InChI is InChI=1S/C7H3Br2NS2/c8-4-1-5(11-2-4)7-10-6(9)3-12-7/h1-3H. The zero-order valence-corrected chi connectivity index (χ0v) is 10.6. The summed E-state index contributed by atoms with van der Waals surface area (Å²) >= 11 is 10.1. The molecule has 5 heteroatoms. The Morgan fingerprint density at radius 3 is 2.50 bits per heavy atom. The van der Waals surface area contributed by atoms with Crippen LogP contribution in [0.2, 0.25) is 0 Å². The number of nitrogens with zero attached hydrogens (tertiary/aromatic N) is 1. The van der Waals surface area contributed by atoms with Crippen LogP contribution in [0.4, 0.5) is 0 Å². The summed E-state index contributed by atoms with van der Waals surface area (Å²) in [5.41, 5.74) is 0. The van der Waals surface area contributed by atoms with Crippen LogP contribution in [0.5, 0.6) is 0 Å². The molecule has 12 heavy (non-hydrogen) atoms. The zero-order chi connectivity index (χ0) is 8.55. The van der Waals surface area contributed by atoms with Crippen molar-refractivity contribution in [2.45, 2.75) is 0 Å². The van der Waals surface area contributed by atoms with Crippen molar-refractivity contribution in [3.8, 4) is 9.88 Å². The van der Waals surface area contributed by atoms with Crippen LogP contribution in [0.3, 0.4) is 0 Å². The number of aromatic nitrogens is 1. The lowest BCUT2D eigenvalue weighted by Gasteiger charge is -1.84. The molecule has 0 amide bonds. The number of thiophene rings is 1. The average molecular weight is 325 g/mol. The van der Waals surface area contributed by atoms with Gasteiger partial charge in [-0.1, -0.05) is 0 Å². The molecule has 2 aromatic heterocycles. The maximum absolute atomic E-state index is 4.32. The van der Waals surface area contributed by atoms with E-state index in [-0.39, 0.29) is 0 Å². The molecule has 0 saturated heterocycles. The predicted molar refractivity (Wildman–Crippen MR) is 60.8 cm³/mol. The van der Waals surface area contributed by atoms with Crippen molar-refractivity contribution in [3.05, 3.63) is 25.9 Å². The van der Waals surface area contributed by atoms with E-state index in [0.717, 1.165) is 14.1 Å². The van der Waals surface area contributed by atoms with Gasteiger partial charge in [0.25, 0.3) is 0 Å². The maximum atomic E-state index is 4.32. The third-order valence-corrected chi connectivity index (χ3v) is 4.67. The highest BCUT2D eigenvalue weighted by molar-refractivity contribution is 9.10. The minimum absolute atomic E-state index is 0.909. The van der Waals surface area contributed by atoms with Crippen LogP contribution in [-0.2, 0) is 0 Å². The van der Waals surface area contributed by atoms with Crippen LogP contribution in [0.1, 0.15) is 0 Å². The van der Waals surface area contributed by atoms with Crippen molar-refractivity contribution in [1.82, 2.24) is 4.98 Å². The SMILES string of the molecule is Brc1csc(-c2nc(Br)cs2)c1. The fourth-order valence-electron chi connectivity index (χ4n) is 0.793. The fraction of sp³-hybridized carbons (Fsp3) is 0. The minimum atomic E-state index is 0.909. The van der Waals surface area contributed by atoms with Gasteiger partial charge in [0.05, 0.1) is 4.88 Å². The number of rotatable bonds is 1. The van der Waals surface area contributed by atoms with Crippen molar-refractivity contribution in [2.75, 3.05) is 0 Å². The van der Waals surface area contributed by atoms with Crippen LogP contribution >= 0.6 is 54.5 Å². The molecule has 2 aromatic rings. The van der Waals surface area contributed by atoms with Gasteiger partial charge in [-0.15, -0.1) is 22.7 Å². The summed E-state index contributed by atoms with van der Waals surface area (Å²) in [5, 5.41) is 5.12. The van der Waals surface area contributed by atoms with Crippen molar-refractivity contribution in [1.29, 1.82) is 0 Å². The summed E-state index contributed by atoms with van der Waals surface area (Å²) in [7, 11) is 0. The van der Waals surface area contributed by atoms with Gasteiger partial charge in [0.15, 0.2) is 0 Å². The quantitative estimate of drug-likeness (QED) is 0.757. The van der Waals surface area contributed by atoms with Gasteiger partial charge in [-0.3, -0.25) is 0 Å². The van der Waals surface area contributed by atoms with Crippen LogP contribution in [0.15, 0.2) is 25.9 Å². The molecule has 0 unspecified atom stereocenters. The summed E-state index contributed by atoms with van der Waals surface area (Å²) in [6.45, 7) is 0. The molecule has 62 valence electrons. The molecule has 0 aromatic carbocycles. The van der Waals surface area contributed by atoms with Gasteiger partial charge in [-0.25, -0.2) is 4.98 Å². The highest BCUT2D eigenvalue weighted by atomic mass is 79.9. The highest BCUT2D eigenvalue weighted by Crippen LogP contribution is 2.32. The van der Waals surface area contributed by atoms with Gasteiger partial charge < -0.3 is 0 Å². The van der Waals surface area contributed by atoms with Gasteiger partial charge in [0.2, 0.25) is 0 Å². The Hall–Kier alpha value is 0.290. The molecule has 0 aliphatic carbocycles. The van der Waals surface area contributed by atoms with Gasteiger partial charge in [-0.05, 0) is 37.9 Å². The van der Waals surface area contributed by atoms with E-state index in [1.165, 1.54) is 4.88 Å². The lowest BCUT2D eigenvalue weighted by Crippen LogP contribution is -1.66. The smallest absolute Gasteiger partial charge is 0.134 e. The van der Waals surface area contributed by atoms with Crippen molar-refractivity contribution in [3.63, 3.8) is 0 Å². The first-order chi connectivity index (χ1) is 5.75. The van der Waals surface area contributed by atoms with Gasteiger partial charge >= 0.3 is 0 Å². The van der Waals surface area contributed by atoms with E-state index in [1.54, 1.807) is 22.7 Å². The van der Waals surface area contributed by atoms with Gasteiger partial charge in [0, 0.05) is 15.2 Å². The molecular weight excluding hydrogens is 322 g/mol. The Morgan fingerprint density at radius 1 is 1.17 bits per heavy atom. The second-order valence-corrected chi connectivity index (χ2v) is 5.60. The Balaban J connectivity index is 2.43. The molecule has 0 aliphatic heterocycles. The lowest BCUT2D eigenvalue weighted by molar-refractivity contribution is 1.37. The van der Waals surface area contributed by atoms with Crippen molar-refractivity contribution < 1.29 is 0 Å². The first kappa shape index (κ1) is 8.87. The molecular formula is C7H3Br2NS2. The number of halogens is 2. The number of hydrogen-bond acceptors (Lipinski definition) is 3. The molecule has 2 rings (SSSR count). The molecule has 0 aliphatic rings. The lowest BCUT2D eigenvalue weighted by atomic mass is 10.5. The Kier molecular flexibility index (Phi) is 2.64. The molecule has 2 heterocycles. The Morgan fingerprint density at radius 2 is 2.00 bits per heavy atom. The van der Waals surface area contributed by atoms with E-state index in [1.807, 2.05) is 5.38 Å². The monoisotopic (exact) mass is 323 g/mol. The normalized spacial score (nSPS) is 10.5. The van der Waals surface area contributed by atoms with Gasteiger partial charge in [-0.2, -0.15) is 0 Å². The molecule has 0 saturated carbocycles. The summed E-state index contributed by atoms with van der Waals surface area (Å²) in [5.74, 6) is 0. The molecule has 0 atom stereocenters. The number of hydrogen-bond donors (Lipinski definition) is 0. The topological polar surface area (TPSA) is 12.9 Å². The van der Waals surface area contributed by atoms with Crippen LogP contribution < -0.4 is 0 Å². The summed E-state index contributed by atoms with van der Waals surface area (Å²) < 4.78 is 2.03. The van der Waals surface area contributed by atoms with Crippen LogP contribution in [0, 0.1) is 0 Å². The molecule has 0 N–H and O–H groups in total. The second-order valence-electron chi connectivity index (χ2n) is 2.10. The van der Waals surface area contributed by atoms with E-state index in [2.05, 4.69) is 48.3 Å². The Bertz CT molecular complexity index is 355. The van der Waals surface area contributed by atoms with Crippen molar-refractivity contribution >= 4 is 54.5 Å². The van der Waals surface area contributed by atoms with Crippen LogP contribution in [-0.4, -0.2) is 4.98 Å². The first-order valence-electron chi connectivity index (χ1n) is 3.11. The van der Waals surface area contributed by atoms with E-state index in [4.69, 9.17) is 0 Å². The summed E-state index contributed by atoms with van der Waals surface area (Å²) in [4.78, 5) is 5.53. The largest absolute Gasteiger partial charge is 0.228 e. The third-order valence-electron chi connectivity index (χ3n) is 1.25. The second kappa shape index (κ2) is 3.57. The van der Waals surface area contributed by atoms with E-state index < -0.39 is 0 Å². The fourth-order valence-corrected chi connectivity index (χ4v) is 3.55. The molecule has 0 fully saturated rings. The predicted octanol–water partition coefficient (Wildman–Crippen LogP) is 4.40. The molecule has 0 spiro atoms. The van der Waals surface area contributed by atoms with Crippen LogP contribution in [0.25, 0.3) is 9.88 Å². The third kappa shape index (κ3) is 1.79. The minimum Gasteiger partial charge on any atom is -0.228 e. The van der Waals surface area contributed by atoms with E-state index in [9.17, 15) is 0 Å². The molecule has 1 nitrogen and oxygen atoms in total.